The predicted octanol–water partition coefficient (Wildman–Crippen LogP) is 1.99. The lowest BCUT2D eigenvalue weighted by atomic mass is 9.97. The molecule has 0 bridgehead atoms. The maximum absolute atomic E-state index is 11.7. The van der Waals surface area contributed by atoms with Crippen molar-refractivity contribution in [3.05, 3.63) is 46.8 Å². The zero-order valence-electron chi connectivity index (χ0n) is 10.8. The van der Waals surface area contributed by atoms with Crippen LogP contribution in [-0.2, 0) is 17.8 Å². The topological polar surface area (TPSA) is 76.7 Å². The van der Waals surface area contributed by atoms with E-state index in [9.17, 15) is 4.79 Å². The highest BCUT2D eigenvalue weighted by atomic mass is 35.5. The van der Waals surface area contributed by atoms with E-state index in [-0.39, 0.29) is 0 Å². The maximum atomic E-state index is 11.7. The van der Waals surface area contributed by atoms with Gasteiger partial charge in [-0.3, -0.25) is 9.78 Å². The number of nitrogens with two attached hydrogens (primary N) is 1. The van der Waals surface area contributed by atoms with Gasteiger partial charge >= 0.3 is 0 Å². The fourth-order valence-corrected chi connectivity index (χ4v) is 2.45. The molecule has 2 aromatic rings. The quantitative estimate of drug-likeness (QED) is 0.633. The third-order valence-corrected chi connectivity index (χ3v) is 3.52. The number of hydrogen-bond donors (Lipinski definition) is 2. The van der Waals surface area contributed by atoms with E-state index >= 15 is 0 Å². The van der Waals surface area contributed by atoms with E-state index < -0.39 is 11.8 Å². The van der Waals surface area contributed by atoms with E-state index in [0.29, 0.717) is 29.3 Å². The second-order valence-electron chi connectivity index (χ2n) is 4.42. The lowest BCUT2D eigenvalue weighted by molar-refractivity contribution is -0.119. The first kappa shape index (κ1) is 14.7. The predicted molar refractivity (Wildman–Crippen MR) is 80.2 cm³/mol. The number of pyridine rings is 1. The number of H-pyrrole nitrogens is 1. The highest BCUT2D eigenvalue weighted by Gasteiger charge is 2.21. The van der Waals surface area contributed by atoms with Gasteiger partial charge in [0.1, 0.15) is 0 Å². The molecule has 1 atom stereocenters. The van der Waals surface area contributed by atoms with Crippen molar-refractivity contribution in [2.24, 2.45) is 5.73 Å². The summed E-state index contributed by atoms with van der Waals surface area (Å²) in [4.78, 5) is 18.8. The second-order valence-corrected chi connectivity index (χ2v) is 5.18. The molecule has 0 spiro atoms. The molecule has 106 valence electrons. The maximum Gasteiger partial charge on any atom is 0.226 e. The molecule has 0 saturated heterocycles. The molecule has 0 aliphatic heterocycles. The minimum Gasteiger partial charge on any atom is -0.369 e. The van der Waals surface area contributed by atoms with Crippen LogP contribution in [0.2, 0.25) is 0 Å². The molecular formula is C13H15ClN4OS. The number of amides is 1. The van der Waals surface area contributed by atoms with Gasteiger partial charge in [-0.2, -0.15) is 0 Å². The van der Waals surface area contributed by atoms with Crippen LogP contribution in [0, 0.1) is 4.77 Å². The summed E-state index contributed by atoms with van der Waals surface area (Å²) in [7, 11) is 0. The lowest BCUT2D eigenvalue weighted by Gasteiger charge is -2.11. The Balaban J connectivity index is 2.27. The van der Waals surface area contributed by atoms with E-state index in [1.54, 1.807) is 23.2 Å². The molecule has 3 N–H and O–H groups in total. The summed E-state index contributed by atoms with van der Waals surface area (Å²) in [5, 5.41) is 0. The van der Waals surface area contributed by atoms with Gasteiger partial charge in [0, 0.05) is 36.7 Å². The Kier molecular flexibility index (Phi) is 4.92. The third kappa shape index (κ3) is 3.46. The number of carbonyl (C=O) groups excluding carboxylic acids is 1. The average molecular weight is 311 g/mol. The standard InChI is InChI=1S/C13H15ClN4OS/c14-3-5-18-8-11(17-13(18)20)10(12(15)19)6-9-2-1-4-16-7-9/h1-2,4,7-8,10H,3,5-6H2,(H2,15,19)(H,17,20). The SMILES string of the molecule is NC(=O)C(Cc1cccnc1)c1cn(CCCl)c(=S)[nH]1. The average Bonchev–Trinajstić information content (AvgIpc) is 2.78. The molecule has 7 heteroatoms. The van der Waals surface area contributed by atoms with Crippen LogP contribution in [0.3, 0.4) is 0 Å². The lowest BCUT2D eigenvalue weighted by Crippen LogP contribution is -2.23. The van der Waals surface area contributed by atoms with Crippen molar-refractivity contribution in [3.63, 3.8) is 0 Å². The number of aryl methyl sites for hydroxylation is 1. The van der Waals surface area contributed by atoms with E-state index in [0.717, 1.165) is 5.56 Å². The summed E-state index contributed by atoms with van der Waals surface area (Å²) >= 11 is 10.9. The number of nitrogens with zero attached hydrogens (tertiary/aromatic N) is 2. The van der Waals surface area contributed by atoms with Crippen molar-refractivity contribution in [2.75, 3.05) is 5.88 Å². The molecule has 5 nitrogen and oxygen atoms in total. The van der Waals surface area contributed by atoms with Crippen LogP contribution < -0.4 is 5.73 Å². The van der Waals surface area contributed by atoms with Gasteiger partial charge in [-0.05, 0) is 30.3 Å². The minimum absolute atomic E-state index is 0.400. The van der Waals surface area contributed by atoms with Crippen LogP contribution in [0.4, 0.5) is 0 Å². The molecule has 0 aromatic carbocycles. The fraction of sp³-hybridized carbons (Fsp3) is 0.308. The fourth-order valence-electron chi connectivity index (χ4n) is 2.01. The Labute approximate surface area is 126 Å². The summed E-state index contributed by atoms with van der Waals surface area (Å²) in [5.41, 5.74) is 7.15. The monoisotopic (exact) mass is 310 g/mol. The van der Waals surface area contributed by atoms with E-state index in [1.165, 1.54) is 0 Å². The van der Waals surface area contributed by atoms with Gasteiger partial charge in [0.25, 0.3) is 0 Å². The van der Waals surface area contributed by atoms with Gasteiger partial charge in [-0.25, -0.2) is 0 Å². The highest BCUT2D eigenvalue weighted by molar-refractivity contribution is 7.71. The third-order valence-electron chi connectivity index (χ3n) is 3.01. The zero-order chi connectivity index (χ0) is 14.5. The van der Waals surface area contributed by atoms with E-state index in [1.807, 2.05) is 12.1 Å². The number of imidazole rings is 1. The van der Waals surface area contributed by atoms with Crippen LogP contribution in [0.25, 0.3) is 0 Å². The van der Waals surface area contributed by atoms with Gasteiger partial charge in [0.2, 0.25) is 5.91 Å². The number of aromatic amines is 1. The summed E-state index contributed by atoms with van der Waals surface area (Å²) in [6.07, 6.45) is 5.70. The number of hydrogen-bond acceptors (Lipinski definition) is 3. The smallest absolute Gasteiger partial charge is 0.226 e. The van der Waals surface area contributed by atoms with Crippen LogP contribution in [0.1, 0.15) is 17.2 Å². The number of carbonyl (C=O) groups is 1. The molecule has 0 aliphatic carbocycles. The normalized spacial score (nSPS) is 12.2. The molecule has 20 heavy (non-hydrogen) atoms. The van der Waals surface area contributed by atoms with Crippen LogP contribution in [-0.4, -0.2) is 26.3 Å². The zero-order valence-corrected chi connectivity index (χ0v) is 12.3. The van der Waals surface area contributed by atoms with Crippen molar-refractivity contribution in [1.29, 1.82) is 0 Å². The summed E-state index contributed by atoms with van der Waals surface area (Å²) in [5.74, 6) is -0.407. The van der Waals surface area contributed by atoms with Gasteiger partial charge in [-0.1, -0.05) is 6.07 Å². The van der Waals surface area contributed by atoms with Crippen LogP contribution in [0.5, 0.6) is 0 Å². The number of nitrogens with one attached hydrogen (secondary N) is 1. The van der Waals surface area contributed by atoms with Gasteiger partial charge in [0.15, 0.2) is 4.77 Å². The molecule has 1 unspecified atom stereocenters. The minimum atomic E-state index is -0.461. The summed E-state index contributed by atoms with van der Waals surface area (Å²) in [6, 6.07) is 3.74. The first-order valence-corrected chi connectivity index (χ1v) is 7.09. The summed E-state index contributed by atoms with van der Waals surface area (Å²) in [6.45, 7) is 0.593. The Morgan fingerprint density at radius 1 is 1.60 bits per heavy atom. The highest BCUT2D eigenvalue weighted by Crippen LogP contribution is 2.19. The van der Waals surface area contributed by atoms with Crippen molar-refractivity contribution in [2.45, 2.75) is 18.9 Å². The van der Waals surface area contributed by atoms with Crippen molar-refractivity contribution in [3.8, 4) is 0 Å². The Hall–Kier alpha value is -1.66. The number of rotatable bonds is 6. The molecule has 2 aromatic heterocycles. The number of alkyl halides is 1. The molecule has 0 aliphatic rings. The first-order chi connectivity index (χ1) is 9.61. The molecule has 0 fully saturated rings. The number of halogens is 1. The summed E-state index contributed by atoms with van der Waals surface area (Å²) < 4.78 is 2.34. The molecule has 0 saturated carbocycles. The van der Waals surface area contributed by atoms with Crippen LogP contribution in [0.15, 0.2) is 30.7 Å². The molecule has 1 amide bonds. The second kappa shape index (κ2) is 6.67. The van der Waals surface area contributed by atoms with E-state index in [4.69, 9.17) is 29.6 Å². The Bertz CT molecular complexity index is 637. The van der Waals surface area contributed by atoms with Crippen molar-refractivity contribution >= 4 is 29.7 Å². The van der Waals surface area contributed by atoms with Crippen molar-refractivity contribution in [1.82, 2.24) is 14.5 Å². The van der Waals surface area contributed by atoms with Gasteiger partial charge in [-0.15, -0.1) is 11.6 Å². The largest absolute Gasteiger partial charge is 0.369 e. The van der Waals surface area contributed by atoms with Crippen LogP contribution >= 0.6 is 23.8 Å². The number of primary amides is 1. The number of aromatic nitrogens is 3. The van der Waals surface area contributed by atoms with E-state index in [2.05, 4.69) is 9.97 Å². The Morgan fingerprint density at radius 3 is 3.00 bits per heavy atom. The van der Waals surface area contributed by atoms with Crippen molar-refractivity contribution < 1.29 is 4.79 Å². The molecular weight excluding hydrogens is 296 g/mol. The Morgan fingerprint density at radius 2 is 2.40 bits per heavy atom. The molecule has 2 heterocycles. The molecule has 2 rings (SSSR count). The molecule has 0 radical (unpaired) electrons. The first-order valence-electron chi connectivity index (χ1n) is 6.15. The van der Waals surface area contributed by atoms with Gasteiger partial charge < -0.3 is 15.3 Å². The van der Waals surface area contributed by atoms with Gasteiger partial charge in [0.05, 0.1) is 5.92 Å².